The van der Waals surface area contributed by atoms with E-state index in [4.69, 9.17) is 0 Å². The molecule has 27 heavy (non-hydrogen) atoms. The van der Waals surface area contributed by atoms with Gasteiger partial charge in [-0.05, 0) is 36.6 Å². The van der Waals surface area contributed by atoms with Gasteiger partial charge in [0.25, 0.3) is 0 Å². The summed E-state index contributed by atoms with van der Waals surface area (Å²) in [6.45, 7) is 1.16. The standard InChI is InChI=1S/C20H22F3N3O/c1-25(11-9-14-5-2-3-6-16(14)21)20(27)24-15-10-12-26(13-15)19-17(22)7-4-8-18(19)23/h2-8,15H,9-13H2,1H3,(H,24,27). The highest BCUT2D eigenvalue weighted by Gasteiger charge is 2.28. The van der Waals surface area contributed by atoms with Crippen molar-refractivity contribution < 1.29 is 18.0 Å². The molecular weight excluding hydrogens is 355 g/mol. The molecule has 1 aliphatic heterocycles. The average molecular weight is 377 g/mol. The van der Waals surface area contributed by atoms with E-state index < -0.39 is 11.6 Å². The lowest BCUT2D eigenvalue weighted by Gasteiger charge is -2.23. The Bertz CT molecular complexity index is 795. The van der Waals surface area contributed by atoms with Crippen molar-refractivity contribution in [2.45, 2.75) is 18.9 Å². The number of nitrogens with zero attached hydrogens (tertiary/aromatic N) is 2. The second-order valence-corrected chi connectivity index (χ2v) is 6.71. The van der Waals surface area contributed by atoms with Crippen LogP contribution in [0.5, 0.6) is 0 Å². The average Bonchev–Trinajstić information content (AvgIpc) is 3.08. The van der Waals surface area contributed by atoms with Gasteiger partial charge in [-0.15, -0.1) is 0 Å². The molecule has 3 rings (SSSR count). The van der Waals surface area contributed by atoms with Gasteiger partial charge in [-0.3, -0.25) is 0 Å². The zero-order chi connectivity index (χ0) is 19.4. The van der Waals surface area contributed by atoms with E-state index in [0.29, 0.717) is 38.0 Å². The Morgan fingerprint density at radius 3 is 2.48 bits per heavy atom. The number of urea groups is 1. The summed E-state index contributed by atoms with van der Waals surface area (Å²) in [5.74, 6) is -1.50. The second-order valence-electron chi connectivity index (χ2n) is 6.71. The molecule has 1 fully saturated rings. The van der Waals surface area contributed by atoms with Gasteiger partial charge in [0.2, 0.25) is 0 Å². The first-order valence-corrected chi connectivity index (χ1v) is 8.89. The van der Waals surface area contributed by atoms with Crippen LogP contribution in [0.2, 0.25) is 0 Å². The number of amides is 2. The van der Waals surface area contributed by atoms with Crippen molar-refractivity contribution in [3.8, 4) is 0 Å². The lowest BCUT2D eigenvalue weighted by Crippen LogP contribution is -2.45. The van der Waals surface area contributed by atoms with Gasteiger partial charge in [0.1, 0.15) is 23.1 Å². The van der Waals surface area contributed by atoms with E-state index in [1.54, 1.807) is 30.1 Å². The first kappa shape index (κ1) is 19.1. The van der Waals surface area contributed by atoms with Crippen molar-refractivity contribution >= 4 is 11.7 Å². The molecule has 1 aliphatic rings. The molecule has 2 aromatic rings. The summed E-state index contributed by atoms with van der Waals surface area (Å²) in [7, 11) is 1.64. The Labute approximate surface area is 156 Å². The van der Waals surface area contributed by atoms with Crippen LogP contribution in [-0.4, -0.2) is 43.7 Å². The van der Waals surface area contributed by atoms with E-state index in [9.17, 15) is 18.0 Å². The summed E-state index contributed by atoms with van der Waals surface area (Å²) in [6, 6.07) is 9.76. The Kier molecular flexibility index (Phi) is 5.88. The van der Waals surface area contributed by atoms with Crippen LogP contribution in [-0.2, 0) is 6.42 Å². The van der Waals surface area contributed by atoms with Crippen LogP contribution in [0.25, 0.3) is 0 Å². The number of para-hydroxylation sites is 1. The molecule has 2 aromatic carbocycles. The number of nitrogens with one attached hydrogen (secondary N) is 1. The predicted octanol–water partition coefficient (Wildman–Crippen LogP) is 3.57. The Hall–Kier alpha value is -2.70. The van der Waals surface area contributed by atoms with Crippen LogP contribution in [0, 0.1) is 17.5 Å². The zero-order valence-electron chi connectivity index (χ0n) is 15.1. The van der Waals surface area contributed by atoms with E-state index in [1.807, 2.05) is 0 Å². The van der Waals surface area contributed by atoms with Crippen LogP contribution in [0.4, 0.5) is 23.7 Å². The van der Waals surface area contributed by atoms with Crippen molar-refractivity contribution in [1.82, 2.24) is 10.2 Å². The van der Waals surface area contributed by atoms with Crippen LogP contribution >= 0.6 is 0 Å². The Morgan fingerprint density at radius 1 is 1.11 bits per heavy atom. The number of halogens is 3. The van der Waals surface area contributed by atoms with Crippen LogP contribution < -0.4 is 10.2 Å². The molecule has 0 radical (unpaired) electrons. The minimum Gasteiger partial charge on any atom is -0.365 e. The second kappa shape index (κ2) is 8.33. The zero-order valence-corrected chi connectivity index (χ0v) is 15.1. The van der Waals surface area contributed by atoms with Gasteiger partial charge in [0.05, 0.1) is 0 Å². The fraction of sp³-hybridized carbons (Fsp3) is 0.350. The molecule has 1 heterocycles. The molecule has 0 aromatic heterocycles. The summed E-state index contributed by atoms with van der Waals surface area (Å²) in [4.78, 5) is 15.4. The molecule has 4 nitrogen and oxygen atoms in total. The van der Waals surface area contributed by atoms with Gasteiger partial charge < -0.3 is 15.1 Å². The summed E-state index contributed by atoms with van der Waals surface area (Å²) in [5, 5.41) is 2.87. The van der Waals surface area contributed by atoms with Crippen molar-refractivity contribution in [1.29, 1.82) is 0 Å². The highest BCUT2D eigenvalue weighted by atomic mass is 19.1. The third-order valence-corrected chi connectivity index (χ3v) is 4.79. The van der Waals surface area contributed by atoms with E-state index >= 15 is 0 Å². The summed E-state index contributed by atoms with van der Waals surface area (Å²) in [5.41, 5.74) is 0.501. The van der Waals surface area contributed by atoms with Gasteiger partial charge in [-0.1, -0.05) is 24.3 Å². The number of benzene rings is 2. The number of rotatable bonds is 5. The number of carbonyl (C=O) groups excluding carboxylic acids is 1. The molecule has 1 saturated heterocycles. The molecule has 0 spiro atoms. The Morgan fingerprint density at radius 2 is 1.78 bits per heavy atom. The Balaban J connectivity index is 1.52. The molecule has 7 heteroatoms. The van der Waals surface area contributed by atoms with Crippen LogP contribution in [0.15, 0.2) is 42.5 Å². The number of likely N-dealkylation sites (N-methyl/N-ethyl adjacent to an activating group) is 1. The smallest absolute Gasteiger partial charge is 0.317 e. The number of anilines is 1. The quantitative estimate of drug-likeness (QED) is 0.865. The summed E-state index contributed by atoms with van der Waals surface area (Å²) < 4.78 is 41.5. The van der Waals surface area contributed by atoms with Crippen molar-refractivity contribution in [2.75, 3.05) is 31.6 Å². The molecule has 2 amide bonds. The maximum Gasteiger partial charge on any atom is 0.317 e. The van der Waals surface area contributed by atoms with Crippen LogP contribution in [0.3, 0.4) is 0 Å². The molecule has 144 valence electrons. The van der Waals surface area contributed by atoms with Gasteiger partial charge in [0.15, 0.2) is 0 Å². The number of hydrogen-bond donors (Lipinski definition) is 1. The number of hydrogen-bond acceptors (Lipinski definition) is 2. The SMILES string of the molecule is CN(CCc1ccccc1F)C(=O)NC1CCN(c2c(F)cccc2F)C1. The third kappa shape index (κ3) is 4.53. The molecule has 0 aliphatic carbocycles. The molecular formula is C20H22F3N3O. The maximum absolute atomic E-state index is 13.9. The van der Waals surface area contributed by atoms with Gasteiger partial charge in [0, 0.05) is 32.7 Å². The lowest BCUT2D eigenvalue weighted by molar-refractivity contribution is 0.206. The van der Waals surface area contributed by atoms with Gasteiger partial charge in [-0.2, -0.15) is 0 Å². The first-order valence-electron chi connectivity index (χ1n) is 8.89. The summed E-state index contributed by atoms with van der Waals surface area (Å²) >= 11 is 0. The van der Waals surface area contributed by atoms with Crippen molar-refractivity contribution in [2.24, 2.45) is 0 Å². The molecule has 1 atom stereocenters. The van der Waals surface area contributed by atoms with Crippen molar-refractivity contribution in [3.63, 3.8) is 0 Å². The predicted molar refractivity (Wildman–Crippen MR) is 98.2 cm³/mol. The van der Waals surface area contributed by atoms with E-state index in [-0.39, 0.29) is 23.6 Å². The molecule has 1 N–H and O–H groups in total. The topological polar surface area (TPSA) is 35.6 Å². The molecule has 0 bridgehead atoms. The highest BCUT2D eigenvalue weighted by molar-refractivity contribution is 5.74. The van der Waals surface area contributed by atoms with E-state index in [2.05, 4.69) is 5.32 Å². The van der Waals surface area contributed by atoms with E-state index in [1.165, 1.54) is 29.2 Å². The highest BCUT2D eigenvalue weighted by Crippen LogP contribution is 2.26. The third-order valence-electron chi connectivity index (χ3n) is 4.79. The minimum absolute atomic E-state index is 0.0536. The van der Waals surface area contributed by atoms with E-state index in [0.717, 1.165) is 0 Å². The minimum atomic E-state index is -0.607. The molecule has 1 unspecified atom stereocenters. The summed E-state index contributed by atoms with van der Waals surface area (Å²) in [6.07, 6.45) is 1.01. The van der Waals surface area contributed by atoms with Crippen LogP contribution in [0.1, 0.15) is 12.0 Å². The normalized spacial score (nSPS) is 16.4. The lowest BCUT2D eigenvalue weighted by atomic mass is 10.1. The van der Waals surface area contributed by atoms with Gasteiger partial charge >= 0.3 is 6.03 Å². The van der Waals surface area contributed by atoms with Crippen molar-refractivity contribution in [3.05, 3.63) is 65.5 Å². The first-order chi connectivity index (χ1) is 13.0. The maximum atomic E-state index is 13.9. The largest absolute Gasteiger partial charge is 0.365 e. The molecule has 0 saturated carbocycles. The van der Waals surface area contributed by atoms with Gasteiger partial charge in [-0.25, -0.2) is 18.0 Å². The number of carbonyl (C=O) groups is 1. The fourth-order valence-corrected chi connectivity index (χ4v) is 3.25. The fourth-order valence-electron chi connectivity index (χ4n) is 3.25. The monoisotopic (exact) mass is 377 g/mol.